The zero-order valence-electron chi connectivity index (χ0n) is 12.9. The fourth-order valence-electron chi connectivity index (χ4n) is 3.23. The number of hydrazine groups is 1. The van der Waals surface area contributed by atoms with Gasteiger partial charge in [0, 0.05) is 17.2 Å². The van der Waals surface area contributed by atoms with Crippen molar-refractivity contribution in [2.75, 3.05) is 13.2 Å². The highest BCUT2D eigenvalue weighted by molar-refractivity contribution is 7.98. The van der Waals surface area contributed by atoms with Gasteiger partial charge in [0.05, 0.1) is 6.61 Å². The molecule has 0 radical (unpaired) electrons. The Balaban J connectivity index is 1.49. The summed E-state index contributed by atoms with van der Waals surface area (Å²) in [5.74, 6) is 1.01. The van der Waals surface area contributed by atoms with Crippen molar-refractivity contribution >= 4 is 11.9 Å². The van der Waals surface area contributed by atoms with Crippen LogP contribution in [0, 0.1) is 5.41 Å². The summed E-state index contributed by atoms with van der Waals surface area (Å²) in [6.07, 6.45) is 7.84. The van der Waals surface area contributed by atoms with Crippen LogP contribution in [0.3, 0.4) is 0 Å². The predicted molar refractivity (Wildman–Crippen MR) is 89.4 cm³/mol. The van der Waals surface area contributed by atoms with E-state index in [1.807, 2.05) is 0 Å². The molecule has 1 aromatic rings. The third-order valence-electron chi connectivity index (χ3n) is 4.66. The first-order valence-corrected chi connectivity index (χ1v) is 8.97. The highest BCUT2D eigenvalue weighted by atomic mass is 32.2. The molecule has 116 valence electrons. The van der Waals surface area contributed by atoms with Gasteiger partial charge < -0.3 is 4.74 Å². The average Bonchev–Trinajstić information content (AvgIpc) is 3.00. The summed E-state index contributed by atoms with van der Waals surface area (Å²) < 4.78 is 6.04. The molecule has 1 saturated carbocycles. The molecule has 3 rings (SSSR count). The molecule has 4 heteroatoms. The molecule has 1 heterocycles. The van der Waals surface area contributed by atoms with Crippen molar-refractivity contribution in [3.63, 3.8) is 0 Å². The van der Waals surface area contributed by atoms with Crippen molar-refractivity contribution in [2.45, 2.75) is 50.7 Å². The lowest BCUT2D eigenvalue weighted by Gasteiger charge is -2.33. The van der Waals surface area contributed by atoms with E-state index in [1.165, 1.54) is 37.7 Å². The standard InChI is InChI=1S/C17H26N2OS/c1-17(9-3-2-4-10-17)13-20-15-7-5-14(6-8-15)11-16-12-18-19-21-16/h5-8,16,18-19H,2-4,9-13H2,1H3. The summed E-state index contributed by atoms with van der Waals surface area (Å²) >= 11 is 1.78. The maximum atomic E-state index is 6.04. The quantitative estimate of drug-likeness (QED) is 0.813. The summed E-state index contributed by atoms with van der Waals surface area (Å²) in [6, 6.07) is 8.67. The predicted octanol–water partition coefficient (Wildman–Crippen LogP) is 3.70. The second kappa shape index (κ2) is 7.03. The summed E-state index contributed by atoms with van der Waals surface area (Å²) in [5, 5.41) is 0.623. The Hall–Kier alpha value is -0.710. The van der Waals surface area contributed by atoms with Gasteiger partial charge >= 0.3 is 0 Å². The third-order valence-corrected chi connectivity index (χ3v) is 5.59. The van der Waals surface area contributed by atoms with Gasteiger partial charge in [0.15, 0.2) is 0 Å². The van der Waals surface area contributed by atoms with E-state index < -0.39 is 0 Å². The molecule has 0 bridgehead atoms. The van der Waals surface area contributed by atoms with Crippen molar-refractivity contribution < 1.29 is 4.74 Å². The third kappa shape index (κ3) is 4.38. The second-order valence-electron chi connectivity index (χ2n) is 6.73. The van der Waals surface area contributed by atoms with Crippen LogP contribution in [0.15, 0.2) is 24.3 Å². The fourth-order valence-corrected chi connectivity index (χ4v) is 4.00. The normalized spacial score (nSPS) is 24.9. The van der Waals surface area contributed by atoms with Crippen molar-refractivity contribution in [1.29, 1.82) is 0 Å². The Morgan fingerprint density at radius 2 is 1.95 bits per heavy atom. The van der Waals surface area contributed by atoms with Gasteiger partial charge in [0.2, 0.25) is 0 Å². The molecule has 1 saturated heterocycles. The molecule has 1 atom stereocenters. The second-order valence-corrected chi connectivity index (χ2v) is 7.84. The molecular weight excluding hydrogens is 280 g/mol. The van der Waals surface area contributed by atoms with Crippen LogP contribution in [-0.2, 0) is 6.42 Å². The van der Waals surface area contributed by atoms with Crippen LogP contribution < -0.4 is 15.0 Å². The molecule has 2 aliphatic rings. The SMILES string of the molecule is CC1(COc2ccc(CC3CNNS3)cc2)CCCCC1. The minimum atomic E-state index is 0.384. The smallest absolute Gasteiger partial charge is 0.119 e. The van der Waals surface area contributed by atoms with Gasteiger partial charge in [0.1, 0.15) is 5.75 Å². The highest BCUT2D eigenvalue weighted by Crippen LogP contribution is 2.36. The molecule has 0 amide bonds. The van der Waals surface area contributed by atoms with Crippen LogP contribution in [0.2, 0.25) is 0 Å². The molecule has 2 N–H and O–H groups in total. The van der Waals surface area contributed by atoms with Crippen molar-refractivity contribution in [1.82, 2.24) is 10.3 Å². The van der Waals surface area contributed by atoms with E-state index in [4.69, 9.17) is 4.74 Å². The number of nitrogens with one attached hydrogen (secondary N) is 2. The minimum Gasteiger partial charge on any atom is -0.493 e. The lowest BCUT2D eigenvalue weighted by atomic mass is 9.76. The van der Waals surface area contributed by atoms with Crippen molar-refractivity contribution in [2.24, 2.45) is 5.41 Å². The van der Waals surface area contributed by atoms with Gasteiger partial charge in [-0.15, -0.1) is 0 Å². The molecule has 1 unspecified atom stereocenters. The highest BCUT2D eigenvalue weighted by Gasteiger charge is 2.27. The number of hydrogen-bond acceptors (Lipinski definition) is 4. The van der Waals surface area contributed by atoms with Crippen LogP contribution >= 0.6 is 11.9 Å². The van der Waals surface area contributed by atoms with Gasteiger partial charge in [-0.25, -0.2) is 10.3 Å². The molecule has 1 aliphatic carbocycles. The molecule has 2 fully saturated rings. The van der Waals surface area contributed by atoms with Gasteiger partial charge in [-0.3, -0.25) is 0 Å². The van der Waals surface area contributed by atoms with E-state index in [9.17, 15) is 0 Å². The molecule has 0 aromatic heterocycles. The number of rotatable bonds is 5. The van der Waals surface area contributed by atoms with Crippen LogP contribution in [0.25, 0.3) is 0 Å². The fraction of sp³-hybridized carbons (Fsp3) is 0.647. The lowest BCUT2D eigenvalue weighted by Crippen LogP contribution is -2.27. The van der Waals surface area contributed by atoms with E-state index in [0.717, 1.165) is 25.3 Å². The number of benzene rings is 1. The van der Waals surface area contributed by atoms with Crippen molar-refractivity contribution in [3.05, 3.63) is 29.8 Å². The first-order valence-electron chi connectivity index (χ1n) is 8.09. The molecule has 0 spiro atoms. The monoisotopic (exact) mass is 306 g/mol. The molecule has 1 aliphatic heterocycles. The van der Waals surface area contributed by atoms with Gasteiger partial charge in [0.25, 0.3) is 0 Å². The van der Waals surface area contributed by atoms with Crippen LogP contribution in [0.5, 0.6) is 5.75 Å². The molecule has 1 aromatic carbocycles. The summed E-state index contributed by atoms with van der Waals surface area (Å²) in [5.41, 5.74) is 4.92. The Kier molecular flexibility index (Phi) is 5.09. The lowest BCUT2D eigenvalue weighted by molar-refractivity contribution is 0.116. The minimum absolute atomic E-state index is 0.384. The van der Waals surface area contributed by atoms with E-state index in [1.54, 1.807) is 11.9 Å². The van der Waals surface area contributed by atoms with Crippen LogP contribution in [-0.4, -0.2) is 18.4 Å². The molecule has 3 nitrogen and oxygen atoms in total. The van der Waals surface area contributed by atoms with E-state index in [0.29, 0.717) is 10.7 Å². The molecule has 21 heavy (non-hydrogen) atoms. The Morgan fingerprint density at radius 3 is 2.62 bits per heavy atom. The van der Waals surface area contributed by atoms with E-state index >= 15 is 0 Å². The van der Waals surface area contributed by atoms with Gasteiger partial charge in [-0.2, -0.15) is 0 Å². The summed E-state index contributed by atoms with van der Waals surface area (Å²) in [4.78, 5) is 3.11. The van der Waals surface area contributed by atoms with Gasteiger partial charge in [-0.1, -0.05) is 50.3 Å². The molecular formula is C17H26N2OS. The first-order chi connectivity index (χ1) is 10.2. The average molecular weight is 306 g/mol. The Bertz CT molecular complexity index is 437. The number of hydrogen-bond donors (Lipinski definition) is 2. The Labute approximate surface area is 132 Å². The van der Waals surface area contributed by atoms with Crippen LogP contribution in [0.4, 0.5) is 0 Å². The van der Waals surface area contributed by atoms with Crippen molar-refractivity contribution in [3.8, 4) is 5.75 Å². The largest absolute Gasteiger partial charge is 0.493 e. The zero-order valence-corrected chi connectivity index (χ0v) is 13.7. The summed E-state index contributed by atoms with van der Waals surface area (Å²) in [6.45, 7) is 4.26. The maximum absolute atomic E-state index is 6.04. The number of ether oxygens (including phenoxy) is 1. The van der Waals surface area contributed by atoms with E-state index in [2.05, 4.69) is 41.4 Å². The summed E-state index contributed by atoms with van der Waals surface area (Å²) in [7, 11) is 0. The van der Waals surface area contributed by atoms with Crippen LogP contribution in [0.1, 0.15) is 44.6 Å². The van der Waals surface area contributed by atoms with E-state index in [-0.39, 0.29) is 0 Å². The topological polar surface area (TPSA) is 33.3 Å². The maximum Gasteiger partial charge on any atom is 0.119 e. The first kappa shape index (κ1) is 15.2. The zero-order chi connectivity index (χ0) is 14.5. The van der Waals surface area contributed by atoms with Gasteiger partial charge in [-0.05, 0) is 37.0 Å². The Morgan fingerprint density at radius 1 is 1.19 bits per heavy atom.